The average Bonchev–Trinajstić information content (AvgIpc) is 2.93. The van der Waals surface area contributed by atoms with Crippen molar-refractivity contribution in [3.8, 4) is 0 Å². The molecule has 0 aliphatic rings. The molecule has 2 rings (SSSR count). The monoisotopic (exact) mass is 311 g/mol. The SMILES string of the molecule is CCN(CC)c1nc(Cl)nc(NCCc2ccsc2)n1. The second-order valence-electron chi connectivity index (χ2n) is 4.21. The Labute approximate surface area is 128 Å². The van der Waals surface area contributed by atoms with Crippen LogP contribution in [0.25, 0.3) is 0 Å². The number of hydrogen-bond donors (Lipinski definition) is 1. The summed E-state index contributed by atoms with van der Waals surface area (Å²) >= 11 is 7.66. The highest BCUT2D eigenvalue weighted by molar-refractivity contribution is 7.07. The molecule has 2 aromatic rings. The Morgan fingerprint density at radius 2 is 2.05 bits per heavy atom. The van der Waals surface area contributed by atoms with Gasteiger partial charge < -0.3 is 10.2 Å². The van der Waals surface area contributed by atoms with Gasteiger partial charge >= 0.3 is 0 Å². The maximum atomic E-state index is 5.96. The van der Waals surface area contributed by atoms with Crippen LogP contribution in [-0.2, 0) is 6.42 Å². The molecule has 0 radical (unpaired) electrons. The van der Waals surface area contributed by atoms with Gasteiger partial charge in [-0.15, -0.1) is 0 Å². The average molecular weight is 312 g/mol. The quantitative estimate of drug-likeness (QED) is 0.851. The Bertz CT molecular complexity index is 528. The maximum Gasteiger partial charge on any atom is 0.231 e. The first-order valence-corrected chi connectivity index (χ1v) is 7.96. The molecule has 0 atom stereocenters. The van der Waals surface area contributed by atoms with Crippen LogP contribution in [0.4, 0.5) is 11.9 Å². The topological polar surface area (TPSA) is 53.9 Å². The zero-order chi connectivity index (χ0) is 14.4. The summed E-state index contributed by atoms with van der Waals surface area (Å²) in [5.74, 6) is 1.15. The van der Waals surface area contributed by atoms with Gasteiger partial charge in [-0.3, -0.25) is 0 Å². The minimum absolute atomic E-state index is 0.222. The van der Waals surface area contributed by atoms with Crippen molar-refractivity contribution in [1.82, 2.24) is 15.0 Å². The molecule has 0 aromatic carbocycles. The molecule has 0 aliphatic carbocycles. The molecule has 0 bridgehead atoms. The van der Waals surface area contributed by atoms with Crippen LogP contribution in [-0.4, -0.2) is 34.6 Å². The van der Waals surface area contributed by atoms with Crippen molar-refractivity contribution in [3.05, 3.63) is 27.7 Å². The molecule has 2 heterocycles. The molecule has 0 saturated carbocycles. The van der Waals surface area contributed by atoms with E-state index in [0.717, 1.165) is 26.1 Å². The number of anilines is 2. The third-order valence-corrected chi connectivity index (χ3v) is 3.82. The first kappa shape index (κ1) is 15.0. The van der Waals surface area contributed by atoms with Crippen LogP contribution in [0.5, 0.6) is 0 Å². The molecule has 0 saturated heterocycles. The van der Waals surface area contributed by atoms with Gasteiger partial charge in [-0.2, -0.15) is 26.3 Å². The van der Waals surface area contributed by atoms with Crippen molar-refractivity contribution in [3.63, 3.8) is 0 Å². The van der Waals surface area contributed by atoms with E-state index in [9.17, 15) is 0 Å². The number of nitrogens with zero attached hydrogens (tertiary/aromatic N) is 4. The standard InChI is InChI=1S/C13H18ClN5S/c1-3-19(4-2)13-17-11(14)16-12(18-13)15-7-5-10-6-8-20-9-10/h6,8-9H,3-5,7H2,1-2H3,(H,15,16,17,18). The second kappa shape index (κ2) is 7.40. The normalized spacial score (nSPS) is 10.6. The van der Waals surface area contributed by atoms with Crippen molar-refractivity contribution in [2.45, 2.75) is 20.3 Å². The summed E-state index contributed by atoms with van der Waals surface area (Å²) in [4.78, 5) is 14.7. The lowest BCUT2D eigenvalue weighted by molar-refractivity contribution is 0.810. The van der Waals surface area contributed by atoms with Crippen LogP contribution in [0, 0.1) is 0 Å². The van der Waals surface area contributed by atoms with E-state index >= 15 is 0 Å². The van der Waals surface area contributed by atoms with Gasteiger partial charge in [-0.25, -0.2) is 0 Å². The summed E-state index contributed by atoms with van der Waals surface area (Å²) in [7, 11) is 0. The van der Waals surface area contributed by atoms with E-state index < -0.39 is 0 Å². The highest BCUT2D eigenvalue weighted by atomic mass is 35.5. The second-order valence-corrected chi connectivity index (χ2v) is 5.33. The van der Waals surface area contributed by atoms with Crippen LogP contribution in [0.3, 0.4) is 0 Å². The molecule has 0 unspecified atom stereocenters. The van der Waals surface area contributed by atoms with E-state index in [2.05, 4.69) is 50.9 Å². The lowest BCUT2D eigenvalue weighted by Gasteiger charge is -2.18. The minimum Gasteiger partial charge on any atom is -0.354 e. The Morgan fingerprint density at radius 3 is 2.70 bits per heavy atom. The number of aromatic nitrogens is 3. The smallest absolute Gasteiger partial charge is 0.231 e. The Balaban J connectivity index is 2.00. The van der Waals surface area contributed by atoms with Crippen LogP contribution in [0.15, 0.2) is 16.8 Å². The van der Waals surface area contributed by atoms with Crippen LogP contribution < -0.4 is 10.2 Å². The fraction of sp³-hybridized carbons (Fsp3) is 0.462. The molecule has 108 valence electrons. The summed E-state index contributed by atoms with van der Waals surface area (Å²) in [6.07, 6.45) is 0.938. The molecular formula is C13H18ClN5S. The van der Waals surface area contributed by atoms with E-state index in [4.69, 9.17) is 11.6 Å². The van der Waals surface area contributed by atoms with Gasteiger partial charge in [-0.05, 0) is 54.3 Å². The van der Waals surface area contributed by atoms with Gasteiger partial charge in [0.05, 0.1) is 0 Å². The third-order valence-electron chi connectivity index (χ3n) is 2.92. The molecule has 0 amide bonds. The van der Waals surface area contributed by atoms with E-state index in [1.807, 2.05) is 4.90 Å². The predicted octanol–water partition coefficient (Wildman–Crippen LogP) is 3.09. The van der Waals surface area contributed by atoms with Gasteiger partial charge in [0.15, 0.2) is 0 Å². The van der Waals surface area contributed by atoms with E-state index in [1.165, 1.54) is 5.56 Å². The summed E-state index contributed by atoms with van der Waals surface area (Å²) in [6.45, 7) is 6.57. The highest BCUT2D eigenvalue weighted by Crippen LogP contribution is 2.14. The molecule has 5 nitrogen and oxygen atoms in total. The van der Waals surface area contributed by atoms with Crippen molar-refractivity contribution in [2.24, 2.45) is 0 Å². The van der Waals surface area contributed by atoms with E-state index in [0.29, 0.717) is 11.9 Å². The zero-order valence-electron chi connectivity index (χ0n) is 11.6. The first-order chi connectivity index (χ1) is 9.72. The van der Waals surface area contributed by atoms with Crippen LogP contribution in [0.1, 0.15) is 19.4 Å². The number of halogens is 1. The molecule has 0 aliphatic heterocycles. The molecule has 0 spiro atoms. The van der Waals surface area contributed by atoms with Crippen molar-refractivity contribution in [1.29, 1.82) is 0 Å². The van der Waals surface area contributed by atoms with Gasteiger partial charge in [0, 0.05) is 19.6 Å². The molecular weight excluding hydrogens is 294 g/mol. The molecule has 0 fully saturated rings. The molecule has 1 N–H and O–H groups in total. The van der Waals surface area contributed by atoms with E-state index in [-0.39, 0.29) is 5.28 Å². The summed E-state index contributed by atoms with van der Waals surface area (Å²) in [5.41, 5.74) is 1.31. The van der Waals surface area contributed by atoms with Crippen molar-refractivity contribution >= 4 is 34.8 Å². The predicted molar refractivity (Wildman–Crippen MR) is 84.9 cm³/mol. The number of hydrogen-bond acceptors (Lipinski definition) is 6. The van der Waals surface area contributed by atoms with Gasteiger partial charge in [0.1, 0.15) is 0 Å². The lowest BCUT2D eigenvalue weighted by Crippen LogP contribution is -2.25. The van der Waals surface area contributed by atoms with Crippen LogP contribution in [0.2, 0.25) is 5.28 Å². The summed E-state index contributed by atoms with van der Waals surface area (Å²) in [5, 5.41) is 7.64. The maximum absolute atomic E-state index is 5.96. The highest BCUT2D eigenvalue weighted by Gasteiger charge is 2.09. The van der Waals surface area contributed by atoms with Crippen LogP contribution >= 0.6 is 22.9 Å². The summed E-state index contributed by atoms with van der Waals surface area (Å²) < 4.78 is 0. The first-order valence-electron chi connectivity index (χ1n) is 6.64. The fourth-order valence-electron chi connectivity index (χ4n) is 1.82. The largest absolute Gasteiger partial charge is 0.354 e. The Hall–Kier alpha value is -1.40. The Morgan fingerprint density at radius 1 is 1.25 bits per heavy atom. The number of rotatable bonds is 7. The van der Waals surface area contributed by atoms with Gasteiger partial charge in [0.25, 0.3) is 0 Å². The van der Waals surface area contributed by atoms with Crippen molar-refractivity contribution < 1.29 is 0 Å². The van der Waals surface area contributed by atoms with Gasteiger partial charge in [0.2, 0.25) is 17.2 Å². The number of thiophene rings is 1. The molecule has 20 heavy (non-hydrogen) atoms. The molecule has 7 heteroatoms. The third kappa shape index (κ3) is 4.05. The van der Waals surface area contributed by atoms with E-state index in [1.54, 1.807) is 11.3 Å². The molecule has 2 aromatic heterocycles. The lowest BCUT2D eigenvalue weighted by atomic mass is 10.2. The van der Waals surface area contributed by atoms with Gasteiger partial charge in [-0.1, -0.05) is 0 Å². The Kier molecular flexibility index (Phi) is 5.55. The minimum atomic E-state index is 0.222. The van der Waals surface area contributed by atoms with Crippen molar-refractivity contribution in [2.75, 3.05) is 29.9 Å². The summed E-state index contributed by atoms with van der Waals surface area (Å²) in [6, 6.07) is 2.12. The number of nitrogens with one attached hydrogen (secondary N) is 1. The fourth-order valence-corrected chi connectivity index (χ4v) is 2.68. The zero-order valence-corrected chi connectivity index (χ0v) is 13.2.